The highest BCUT2D eigenvalue weighted by Crippen LogP contribution is 2.47. The number of non-ortho nitro benzene ring substituents is 1. The standard InChI is InChI=1S/C24H19N3O5/c1-15-10-12-17(13-11-15)25-23(28)20-21(16-6-3-2-4-7-16)26(32-22(20)24(25)29)18-8-5-9-19(14-18)27(30)31/h2-14,20-22H,1H3/t20-,21+,22+/m1/s1. The molecule has 8 heteroatoms. The number of anilines is 2. The molecule has 5 rings (SSSR count). The summed E-state index contributed by atoms with van der Waals surface area (Å²) in [4.78, 5) is 44.8. The normalized spacial score (nSPS) is 22.3. The maximum Gasteiger partial charge on any atom is 0.271 e. The molecule has 160 valence electrons. The van der Waals surface area contributed by atoms with E-state index in [4.69, 9.17) is 4.84 Å². The van der Waals surface area contributed by atoms with Gasteiger partial charge >= 0.3 is 0 Å². The number of nitro benzene ring substituents is 1. The van der Waals surface area contributed by atoms with Gasteiger partial charge in [-0.25, -0.2) is 9.96 Å². The molecule has 3 atom stereocenters. The molecule has 2 amide bonds. The maximum atomic E-state index is 13.5. The van der Waals surface area contributed by atoms with Crippen molar-refractivity contribution >= 4 is 28.9 Å². The van der Waals surface area contributed by atoms with Crippen LogP contribution in [0.15, 0.2) is 78.9 Å². The van der Waals surface area contributed by atoms with Crippen LogP contribution in [0.4, 0.5) is 17.1 Å². The predicted octanol–water partition coefficient (Wildman–Crippen LogP) is 3.95. The molecule has 0 aliphatic carbocycles. The SMILES string of the molecule is Cc1ccc(N2C(=O)[C@H]3[C@H](ON(c4cccc([N+](=O)[O-])c4)[C@H]3c3ccccc3)C2=O)cc1. The molecule has 0 bridgehead atoms. The summed E-state index contributed by atoms with van der Waals surface area (Å²) >= 11 is 0. The molecule has 0 saturated carbocycles. The smallest absolute Gasteiger partial charge is 0.271 e. The van der Waals surface area contributed by atoms with Crippen molar-refractivity contribution in [1.82, 2.24) is 0 Å². The number of carbonyl (C=O) groups is 2. The Bertz CT molecular complexity index is 1210. The van der Waals surface area contributed by atoms with E-state index in [-0.39, 0.29) is 11.6 Å². The number of hydroxylamine groups is 1. The number of nitrogens with zero attached hydrogens (tertiary/aromatic N) is 3. The van der Waals surface area contributed by atoms with Crippen LogP contribution in [0.25, 0.3) is 0 Å². The van der Waals surface area contributed by atoms with E-state index in [2.05, 4.69) is 0 Å². The fraction of sp³-hybridized carbons (Fsp3) is 0.167. The highest BCUT2D eigenvalue weighted by atomic mass is 16.7. The molecular weight excluding hydrogens is 410 g/mol. The van der Waals surface area contributed by atoms with Gasteiger partial charge in [0.15, 0.2) is 6.10 Å². The Balaban J connectivity index is 1.58. The lowest BCUT2D eigenvalue weighted by Crippen LogP contribution is -2.37. The first-order chi connectivity index (χ1) is 15.5. The molecule has 2 aliphatic heterocycles. The van der Waals surface area contributed by atoms with Crippen molar-refractivity contribution in [2.24, 2.45) is 5.92 Å². The van der Waals surface area contributed by atoms with Crippen LogP contribution in [0, 0.1) is 23.0 Å². The van der Waals surface area contributed by atoms with E-state index in [1.54, 1.807) is 24.3 Å². The van der Waals surface area contributed by atoms with E-state index in [0.29, 0.717) is 11.4 Å². The monoisotopic (exact) mass is 429 g/mol. The third kappa shape index (κ3) is 3.12. The van der Waals surface area contributed by atoms with Gasteiger partial charge in [0.25, 0.3) is 11.6 Å². The van der Waals surface area contributed by atoms with Crippen molar-refractivity contribution in [2.75, 3.05) is 9.96 Å². The van der Waals surface area contributed by atoms with Gasteiger partial charge in [-0.15, -0.1) is 0 Å². The number of rotatable bonds is 4. The number of fused-ring (bicyclic) bond motifs is 1. The third-order valence-electron chi connectivity index (χ3n) is 5.84. The van der Waals surface area contributed by atoms with E-state index in [0.717, 1.165) is 11.1 Å². The Morgan fingerprint density at radius 2 is 1.59 bits per heavy atom. The number of carbonyl (C=O) groups excluding carboxylic acids is 2. The molecule has 3 aromatic carbocycles. The van der Waals surface area contributed by atoms with Crippen molar-refractivity contribution in [2.45, 2.75) is 19.1 Å². The quantitative estimate of drug-likeness (QED) is 0.354. The van der Waals surface area contributed by atoms with E-state index < -0.39 is 28.9 Å². The van der Waals surface area contributed by atoms with Gasteiger partial charge in [0.1, 0.15) is 5.92 Å². The average Bonchev–Trinajstić information content (AvgIpc) is 3.31. The molecule has 2 aliphatic rings. The van der Waals surface area contributed by atoms with Crippen LogP contribution < -0.4 is 9.96 Å². The average molecular weight is 429 g/mol. The second-order valence-electron chi connectivity index (χ2n) is 7.86. The summed E-state index contributed by atoms with van der Waals surface area (Å²) in [5.74, 6) is -1.59. The molecule has 2 heterocycles. The zero-order chi connectivity index (χ0) is 22.4. The number of hydrogen-bond acceptors (Lipinski definition) is 6. The molecule has 0 aromatic heterocycles. The van der Waals surface area contributed by atoms with Crippen molar-refractivity contribution in [1.29, 1.82) is 0 Å². The minimum Gasteiger partial charge on any atom is -0.273 e. The summed E-state index contributed by atoms with van der Waals surface area (Å²) < 4.78 is 0. The number of benzene rings is 3. The zero-order valence-electron chi connectivity index (χ0n) is 17.1. The minimum absolute atomic E-state index is 0.103. The minimum atomic E-state index is -1.02. The Hall–Kier alpha value is -4.04. The molecule has 0 spiro atoms. The first kappa shape index (κ1) is 19.9. The molecule has 3 aromatic rings. The largest absolute Gasteiger partial charge is 0.273 e. The summed E-state index contributed by atoms with van der Waals surface area (Å²) in [6.45, 7) is 1.93. The van der Waals surface area contributed by atoms with Gasteiger partial charge in [0, 0.05) is 12.1 Å². The lowest BCUT2D eigenvalue weighted by molar-refractivity contribution is -0.384. The summed E-state index contributed by atoms with van der Waals surface area (Å²) in [6.07, 6.45) is -1.02. The second kappa shape index (κ2) is 7.58. The molecule has 0 radical (unpaired) electrons. The van der Waals surface area contributed by atoms with Crippen LogP contribution in [0.1, 0.15) is 17.2 Å². The summed E-state index contributed by atoms with van der Waals surface area (Å²) in [5, 5.41) is 12.7. The number of amides is 2. The molecule has 32 heavy (non-hydrogen) atoms. The molecule has 0 unspecified atom stereocenters. The number of imide groups is 1. The van der Waals surface area contributed by atoms with E-state index in [9.17, 15) is 19.7 Å². The van der Waals surface area contributed by atoms with Crippen molar-refractivity contribution < 1.29 is 19.3 Å². The fourth-order valence-electron chi connectivity index (χ4n) is 4.32. The zero-order valence-corrected chi connectivity index (χ0v) is 17.1. The van der Waals surface area contributed by atoms with Crippen LogP contribution in [-0.4, -0.2) is 22.8 Å². The van der Waals surface area contributed by atoms with Gasteiger partial charge < -0.3 is 0 Å². The second-order valence-corrected chi connectivity index (χ2v) is 7.86. The van der Waals surface area contributed by atoms with E-state index in [1.807, 2.05) is 49.4 Å². The lowest BCUT2D eigenvalue weighted by atomic mass is 9.90. The summed E-state index contributed by atoms with van der Waals surface area (Å²) in [7, 11) is 0. The third-order valence-corrected chi connectivity index (χ3v) is 5.84. The Kier molecular flexibility index (Phi) is 4.71. The van der Waals surface area contributed by atoms with Crippen molar-refractivity contribution in [3.63, 3.8) is 0 Å². The van der Waals surface area contributed by atoms with Gasteiger partial charge in [0.2, 0.25) is 5.91 Å². The van der Waals surface area contributed by atoms with E-state index >= 15 is 0 Å². The van der Waals surface area contributed by atoms with Crippen LogP contribution in [0.2, 0.25) is 0 Å². The summed E-state index contributed by atoms with van der Waals surface area (Å²) in [6, 6.07) is 21.8. The van der Waals surface area contributed by atoms with Crippen molar-refractivity contribution in [3.8, 4) is 0 Å². The van der Waals surface area contributed by atoms with Crippen LogP contribution in [0.5, 0.6) is 0 Å². The van der Waals surface area contributed by atoms with E-state index in [1.165, 1.54) is 22.1 Å². The fourth-order valence-corrected chi connectivity index (χ4v) is 4.32. The topological polar surface area (TPSA) is 93.0 Å². The maximum absolute atomic E-state index is 13.5. The Morgan fingerprint density at radius 3 is 2.28 bits per heavy atom. The highest BCUT2D eigenvalue weighted by molar-refractivity contribution is 6.23. The lowest BCUT2D eigenvalue weighted by Gasteiger charge is -2.28. The van der Waals surface area contributed by atoms with Gasteiger partial charge in [-0.3, -0.25) is 24.5 Å². The number of nitro groups is 1. The van der Waals surface area contributed by atoms with Gasteiger partial charge in [-0.05, 0) is 30.7 Å². The van der Waals surface area contributed by atoms with Gasteiger partial charge in [-0.2, -0.15) is 0 Å². The summed E-state index contributed by atoms with van der Waals surface area (Å²) in [5.41, 5.74) is 2.60. The Labute approximate surface area is 183 Å². The molecule has 8 nitrogen and oxygen atoms in total. The van der Waals surface area contributed by atoms with Crippen LogP contribution in [-0.2, 0) is 14.4 Å². The van der Waals surface area contributed by atoms with Crippen LogP contribution in [0.3, 0.4) is 0 Å². The first-order valence-electron chi connectivity index (χ1n) is 10.2. The van der Waals surface area contributed by atoms with Gasteiger partial charge in [0.05, 0.1) is 22.3 Å². The molecule has 0 N–H and O–H groups in total. The number of hydrogen-bond donors (Lipinski definition) is 0. The predicted molar refractivity (Wildman–Crippen MR) is 117 cm³/mol. The highest BCUT2D eigenvalue weighted by Gasteiger charge is 2.60. The molecular formula is C24H19N3O5. The number of aryl methyl sites for hydroxylation is 1. The van der Waals surface area contributed by atoms with Gasteiger partial charge in [-0.1, -0.05) is 54.1 Å². The molecule has 2 fully saturated rings. The van der Waals surface area contributed by atoms with Crippen LogP contribution >= 0.6 is 0 Å². The van der Waals surface area contributed by atoms with Crippen molar-refractivity contribution in [3.05, 3.63) is 100 Å². The Morgan fingerprint density at radius 1 is 0.875 bits per heavy atom. The molecule has 2 saturated heterocycles. The first-order valence-corrected chi connectivity index (χ1v) is 10.2.